The maximum atomic E-state index is 11.5. The van der Waals surface area contributed by atoms with Crippen LogP contribution in [0.1, 0.15) is 74.0 Å². The number of hydrogen-bond donors (Lipinski definition) is 1. The minimum absolute atomic E-state index is 0.118. The number of carbonyl (C=O) groups is 1. The van der Waals surface area contributed by atoms with Crippen LogP contribution in [0.25, 0.3) is 6.08 Å². The summed E-state index contributed by atoms with van der Waals surface area (Å²) < 4.78 is 10.3. The Kier molecular flexibility index (Phi) is 5.53. The number of carbonyl (C=O) groups excluding carboxylic acids is 1. The molecular weight excluding hydrogens is 338 g/mol. The molecule has 1 aromatic rings. The lowest BCUT2D eigenvalue weighted by Gasteiger charge is -2.22. The second kappa shape index (κ2) is 8.05. The Morgan fingerprint density at radius 1 is 1.26 bits per heavy atom. The Hall–Kier alpha value is -1.81. The molecule has 2 fully saturated rings. The van der Waals surface area contributed by atoms with Crippen LogP contribution in [0, 0.1) is 0 Å². The summed E-state index contributed by atoms with van der Waals surface area (Å²) in [6, 6.07) is 7.03. The van der Waals surface area contributed by atoms with Gasteiger partial charge in [-0.05, 0) is 74.0 Å². The molecule has 3 aliphatic rings. The van der Waals surface area contributed by atoms with Crippen LogP contribution in [-0.4, -0.2) is 32.0 Å². The molecule has 4 heteroatoms. The lowest BCUT2D eigenvalue weighted by Crippen LogP contribution is -2.40. The molecule has 1 amide bonds. The number of nitrogens with one attached hydrogen (secondary N) is 1. The second-order valence-corrected chi connectivity index (χ2v) is 8.49. The van der Waals surface area contributed by atoms with Gasteiger partial charge in [-0.15, -0.1) is 0 Å². The summed E-state index contributed by atoms with van der Waals surface area (Å²) in [7, 11) is 1.78. The van der Waals surface area contributed by atoms with E-state index in [4.69, 9.17) is 9.47 Å². The predicted octanol–water partition coefficient (Wildman–Crippen LogP) is 4.97. The monoisotopic (exact) mass is 369 g/mol. The normalized spacial score (nSPS) is 26.6. The first-order chi connectivity index (χ1) is 13.2. The number of rotatable bonds is 7. The summed E-state index contributed by atoms with van der Waals surface area (Å²) in [6.45, 7) is 1.41. The van der Waals surface area contributed by atoms with E-state index in [-0.39, 0.29) is 11.6 Å². The molecule has 1 heterocycles. The second-order valence-electron chi connectivity index (χ2n) is 8.49. The van der Waals surface area contributed by atoms with Crippen molar-refractivity contribution in [1.29, 1.82) is 0 Å². The van der Waals surface area contributed by atoms with Gasteiger partial charge in [0.1, 0.15) is 6.61 Å². The van der Waals surface area contributed by atoms with E-state index >= 15 is 0 Å². The molecule has 1 N–H and O–H groups in total. The van der Waals surface area contributed by atoms with Crippen LogP contribution in [0.4, 0.5) is 4.79 Å². The largest absolute Gasteiger partial charge is 0.447 e. The number of benzene rings is 1. The summed E-state index contributed by atoms with van der Waals surface area (Å²) in [5.41, 5.74) is 5.81. The zero-order chi connectivity index (χ0) is 18.7. The third-order valence-corrected chi connectivity index (χ3v) is 6.52. The van der Waals surface area contributed by atoms with Crippen LogP contribution in [-0.2, 0) is 15.9 Å². The fourth-order valence-electron chi connectivity index (χ4n) is 4.94. The van der Waals surface area contributed by atoms with Gasteiger partial charge in [-0.25, -0.2) is 4.79 Å². The van der Waals surface area contributed by atoms with Crippen molar-refractivity contribution in [2.75, 3.05) is 20.3 Å². The quantitative estimate of drug-likeness (QED) is 0.690. The van der Waals surface area contributed by atoms with E-state index in [0.717, 1.165) is 38.7 Å². The number of methoxy groups -OCH3 is 1. The molecule has 27 heavy (non-hydrogen) atoms. The molecule has 1 saturated carbocycles. The van der Waals surface area contributed by atoms with E-state index in [1.807, 2.05) is 0 Å². The molecule has 1 spiro atoms. The number of alkyl carbamates (subject to hydrolysis) is 1. The van der Waals surface area contributed by atoms with Gasteiger partial charge in [0.2, 0.25) is 0 Å². The van der Waals surface area contributed by atoms with Crippen LogP contribution in [0.3, 0.4) is 0 Å². The summed E-state index contributed by atoms with van der Waals surface area (Å²) in [5, 5.41) is 3.05. The summed E-state index contributed by atoms with van der Waals surface area (Å²) in [5.74, 6) is 0.531. The van der Waals surface area contributed by atoms with E-state index < -0.39 is 0 Å². The average Bonchev–Trinajstić information content (AvgIpc) is 3.27. The average molecular weight is 370 g/mol. The van der Waals surface area contributed by atoms with Crippen LogP contribution in [0.5, 0.6) is 0 Å². The predicted molar refractivity (Wildman–Crippen MR) is 107 cm³/mol. The summed E-state index contributed by atoms with van der Waals surface area (Å²) in [4.78, 5) is 11.5. The third kappa shape index (κ3) is 4.21. The SMILES string of the molecule is COCCCCCC1=Cc2ccc(C3CC[C@]4(COC(=O)N4)C3)cc2CC1. The van der Waals surface area contributed by atoms with E-state index in [0.29, 0.717) is 12.5 Å². The number of aryl methyl sites for hydroxylation is 1. The zero-order valence-corrected chi connectivity index (χ0v) is 16.4. The van der Waals surface area contributed by atoms with Crippen molar-refractivity contribution in [3.05, 3.63) is 40.5 Å². The van der Waals surface area contributed by atoms with Crippen molar-refractivity contribution >= 4 is 12.2 Å². The first kappa shape index (κ1) is 18.5. The highest BCUT2D eigenvalue weighted by molar-refractivity contribution is 5.71. The Morgan fingerprint density at radius 3 is 3.00 bits per heavy atom. The van der Waals surface area contributed by atoms with Gasteiger partial charge >= 0.3 is 6.09 Å². The Morgan fingerprint density at radius 2 is 2.19 bits per heavy atom. The van der Waals surface area contributed by atoms with Crippen molar-refractivity contribution in [3.63, 3.8) is 0 Å². The van der Waals surface area contributed by atoms with Crippen molar-refractivity contribution in [1.82, 2.24) is 5.32 Å². The van der Waals surface area contributed by atoms with Gasteiger partial charge in [0.25, 0.3) is 0 Å². The third-order valence-electron chi connectivity index (χ3n) is 6.52. The molecule has 2 atom stereocenters. The molecule has 1 aliphatic heterocycles. The smallest absolute Gasteiger partial charge is 0.407 e. The molecule has 146 valence electrons. The molecule has 0 bridgehead atoms. The lowest BCUT2D eigenvalue weighted by molar-refractivity contribution is 0.172. The van der Waals surface area contributed by atoms with E-state index in [9.17, 15) is 4.79 Å². The summed E-state index contributed by atoms with van der Waals surface area (Å²) >= 11 is 0. The molecule has 0 aromatic heterocycles. The molecule has 0 radical (unpaired) electrons. The Balaban J connectivity index is 1.37. The topological polar surface area (TPSA) is 47.6 Å². The van der Waals surface area contributed by atoms with E-state index in [1.54, 1.807) is 12.7 Å². The van der Waals surface area contributed by atoms with Gasteiger partial charge in [0.15, 0.2) is 0 Å². The fraction of sp³-hybridized carbons (Fsp3) is 0.609. The van der Waals surface area contributed by atoms with Crippen LogP contribution in [0.15, 0.2) is 23.8 Å². The molecule has 1 aromatic carbocycles. The minimum atomic E-state index is -0.249. The summed E-state index contributed by atoms with van der Waals surface area (Å²) in [6.07, 6.45) is 12.6. The zero-order valence-electron chi connectivity index (χ0n) is 16.4. The number of allylic oxidation sites excluding steroid dienone is 1. The van der Waals surface area contributed by atoms with Crippen LogP contribution in [0.2, 0.25) is 0 Å². The number of amides is 1. The van der Waals surface area contributed by atoms with Gasteiger partial charge in [-0.3, -0.25) is 0 Å². The van der Waals surface area contributed by atoms with Gasteiger partial charge in [0, 0.05) is 13.7 Å². The van der Waals surface area contributed by atoms with Crippen LogP contribution < -0.4 is 5.32 Å². The molecular formula is C23H31NO3. The maximum absolute atomic E-state index is 11.5. The highest BCUT2D eigenvalue weighted by Crippen LogP contribution is 2.43. The number of cyclic esters (lactones) is 1. The van der Waals surface area contributed by atoms with Crippen molar-refractivity contribution in [3.8, 4) is 0 Å². The molecule has 2 aliphatic carbocycles. The van der Waals surface area contributed by atoms with Gasteiger partial charge in [0.05, 0.1) is 5.54 Å². The number of ether oxygens (including phenoxy) is 2. The van der Waals surface area contributed by atoms with Crippen molar-refractivity contribution in [2.24, 2.45) is 0 Å². The molecule has 1 saturated heterocycles. The first-order valence-corrected chi connectivity index (χ1v) is 10.4. The van der Waals surface area contributed by atoms with Gasteiger partial charge < -0.3 is 14.8 Å². The molecule has 4 rings (SSSR count). The maximum Gasteiger partial charge on any atom is 0.407 e. The lowest BCUT2D eigenvalue weighted by atomic mass is 9.86. The van der Waals surface area contributed by atoms with E-state index in [2.05, 4.69) is 29.6 Å². The molecule has 1 unspecified atom stereocenters. The number of unbranched alkanes of at least 4 members (excludes halogenated alkanes) is 2. The van der Waals surface area contributed by atoms with Gasteiger partial charge in [-0.1, -0.05) is 36.3 Å². The van der Waals surface area contributed by atoms with Crippen LogP contribution >= 0.6 is 0 Å². The van der Waals surface area contributed by atoms with Crippen molar-refractivity contribution in [2.45, 2.75) is 69.2 Å². The van der Waals surface area contributed by atoms with Crippen molar-refractivity contribution < 1.29 is 14.3 Å². The first-order valence-electron chi connectivity index (χ1n) is 10.4. The Bertz CT molecular complexity index is 726. The minimum Gasteiger partial charge on any atom is -0.447 e. The highest BCUT2D eigenvalue weighted by atomic mass is 16.6. The Labute approximate surface area is 162 Å². The van der Waals surface area contributed by atoms with E-state index in [1.165, 1.54) is 42.4 Å². The number of fused-ring (bicyclic) bond motifs is 1. The molecule has 4 nitrogen and oxygen atoms in total. The number of hydrogen-bond acceptors (Lipinski definition) is 3. The fourth-order valence-corrected chi connectivity index (χ4v) is 4.94. The standard InChI is InChI=1S/C23H31NO3/c1-26-12-4-2-3-5-17-6-7-19-14-20(9-8-18(19)13-17)21-10-11-23(15-21)16-27-22(25)24-23/h8-9,13-14,21H,2-7,10-12,15-16H2,1H3,(H,24,25)/t21?,23-/m1/s1. The highest BCUT2D eigenvalue weighted by Gasteiger charge is 2.45. The van der Waals surface area contributed by atoms with Gasteiger partial charge in [-0.2, -0.15) is 0 Å².